The predicted octanol–water partition coefficient (Wildman–Crippen LogP) is 5.30. The fourth-order valence-corrected chi connectivity index (χ4v) is 4.33. The van der Waals surface area contributed by atoms with Gasteiger partial charge in [-0.3, -0.25) is 4.79 Å². The molecule has 0 unspecified atom stereocenters. The standard InChI is InChI=1S/C25H38N2O3/c1-4-6-8-25(28)23-19-27(24-10-9-21(29-3)18-22(23)24)14-7-13-26-15-11-20(12-16-26)30-17-5-2/h9-10,18-20H,4-8,11-17H2,1-3H3. The highest BCUT2D eigenvalue weighted by molar-refractivity contribution is 6.08. The molecule has 3 rings (SSSR count). The minimum absolute atomic E-state index is 0.239. The van der Waals surface area contributed by atoms with Gasteiger partial charge < -0.3 is 18.9 Å². The van der Waals surface area contributed by atoms with Gasteiger partial charge in [-0.15, -0.1) is 0 Å². The highest BCUT2D eigenvalue weighted by Crippen LogP contribution is 2.28. The van der Waals surface area contributed by atoms with Crippen molar-refractivity contribution in [1.82, 2.24) is 9.47 Å². The quantitative estimate of drug-likeness (QED) is 0.442. The molecule has 1 aliphatic heterocycles. The molecular weight excluding hydrogens is 376 g/mol. The number of likely N-dealkylation sites (tertiary alicyclic amines) is 1. The molecule has 0 bridgehead atoms. The summed E-state index contributed by atoms with van der Waals surface area (Å²) < 4.78 is 13.6. The summed E-state index contributed by atoms with van der Waals surface area (Å²) in [6.07, 6.45) is 9.56. The van der Waals surface area contributed by atoms with Crippen LogP contribution in [0.15, 0.2) is 24.4 Å². The summed E-state index contributed by atoms with van der Waals surface area (Å²) >= 11 is 0. The number of methoxy groups -OCH3 is 1. The number of aryl methyl sites for hydroxylation is 1. The van der Waals surface area contributed by atoms with Crippen molar-refractivity contribution < 1.29 is 14.3 Å². The van der Waals surface area contributed by atoms with E-state index in [2.05, 4.69) is 35.6 Å². The normalized spacial score (nSPS) is 15.7. The fraction of sp³-hybridized carbons (Fsp3) is 0.640. The molecule has 5 nitrogen and oxygen atoms in total. The summed E-state index contributed by atoms with van der Waals surface area (Å²) in [6, 6.07) is 6.08. The summed E-state index contributed by atoms with van der Waals surface area (Å²) in [7, 11) is 1.67. The number of hydrogen-bond acceptors (Lipinski definition) is 4. The first-order chi connectivity index (χ1) is 14.7. The number of ketones is 1. The van der Waals surface area contributed by atoms with E-state index in [-0.39, 0.29) is 5.78 Å². The van der Waals surface area contributed by atoms with Gasteiger partial charge in [-0.05, 0) is 56.8 Å². The number of nitrogens with zero attached hydrogens (tertiary/aromatic N) is 2. The molecule has 0 spiro atoms. The molecule has 2 heterocycles. The predicted molar refractivity (Wildman–Crippen MR) is 123 cm³/mol. The first-order valence-electron chi connectivity index (χ1n) is 11.7. The lowest BCUT2D eigenvalue weighted by Crippen LogP contribution is -2.37. The van der Waals surface area contributed by atoms with Gasteiger partial charge in [-0.2, -0.15) is 0 Å². The van der Waals surface area contributed by atoms with Gasteiger partial charge in [0, 0.05) is 55.3 Å². The van der Waals surface area contributed by atoms with Crippen LogP contribution < -0.4 is 4.74 Å². The second kappa shape index (κ2) is 11.5. The van der Waals surface area contributed by atoms with Crippen LogP contribution in [0.25, 0.3) is 10.9 Å². The van der Waals surface area contributed by atoms with E-state index in [1.165, 1.54) is 0 Å². The van der Waals surface area contributed by atoms with Crippen molar-refractivity contribution in [3.05, 3.63) is 30.0 Å². The number of carbonyl (C=O) groups excluding carboxylic acids is 1. The number of Topliss-reactive ketones (excluding diaryl/α,β-unsaturated/α-hetero) is 1. The molecule has 1 aromatic heterocycles. The summed E-state index contributed by atoms with van der Waals surface area (Å²) in [5, 5.41) is 1.02. The Labute approximate surface area is 181 Å². The molecule has 0 radical (unpaired) electrons. The van der Waals surface area contributed by atoms with Gasteiger partial charge >= 0.3 is 0 Å². The van der Waals surface area contributed by atoms with Crippen LogP contribution in [0, 0.1) is 0 Å². The van der Waals surface area contributed by atoms with Crippen LogP contribution in [0.3, 0.4) is 0 Å². The van der Waals surface area contributed by atoms with Crippen molar-refractivity contribution >= 4 is 16.7 Å². The van der Waals surface area contributed by atoms with E-state index in [0.717, 1.165) is 93.5 Å². The number of fused-ring (bicyclic) bond motifs is 1. The zero-order valence-electron chi connectivity index (χ0n) is 19.0. The fourth-order valence-electron chi connectivity index (χ4n) is 4.33. The van der Waals surface area contributed by atoms with E-state index in [9.17, 15) is 4.79 Å². The monoisotopic (exact) mass is 414 g/mol. The van der Waals surface area contributed by atoms with Gasteiger partial charge in [0.2, 0.25) is 0 Å². The number of rotatable bonds is 12. The van der Waals surface area contributed by atoms with Crippen LogP contribution in [0.2, 0.25) is 0 Å². The summed E-state index contributed by atoms with van der Waals surface area (Å²) in [6.45, 7) is 9.44. The maximum Gasteiger partial charge on any atom is 0.165 e. The molecule has 1 aromatic carbocycles. The summed E-state index contributed by atoms with van der Waals surface area (Å²) in [5.74, 6) is 1.04. The molecule has 1 saturated heterocycles. The highest BCUT2D eigenvalue weighted by Gasteiger charge is 2.19. The smallest absolute Gasteiger partial charge is 0.165 e. The van der Waals surface area contributed by atoms with E-state index >= 15 is 0 Å². The number of ether oxygens (including phenoxy) is 2. The van der Waals surface area contributed by atoms with E-state index in [1.807, 2.05) is 12.1 Å². The van der Waals surface area contributed by atoms with Gasteiger partial charge in [-0.25, -0.2) is 0 Å². The van der Waals surface area contributed by atoms with Gasteiger partial charge in [0.05, 0.1) is 13.2 Å². The lowest BCUT2D eigenvalue weighted by molar-refractivity contribution is 0.00759. The Balaban J connectivity index is 1.61. The topological polar surface area (TPSA) is 43.7 Å². The first kappa shape index (κ1) is 22.8. The number of hydrogen-bond donors (Lipinski definition) is 0. The van der Waals surface area contributed by atoms with Crippen molar-refractivity contribution in [2.24, 2.45) is 0 Å². The van der Waals surface area contributed by atoms with Crippen molar-refractivity contribution in [3.8, 4) is 5.75 Å². The van der Waals surface area contributed by atoms with Crippen LogP contribution in [0.5, 0.6) is 5.75 Å². The van der Waals surface area contributed by atoms with Crippen molar-refractivity contribution in [1.29, 1.82) is 0 Å². The summed E-state index contributed by atoms with van der Waals surface area (Å²) in [5.41, 5.74) is 1.97. The molecule has 30 heavy (non-hydrogen) atoms. The Morgan fingerprint density at radius 2 is 1.90 bits per heavy atom. The Kier molecular flexibility index (Phi) is 8.76. The van der Waals surface area contributed by atoms with Crippen LogP contribution in [0.4, 0.5) is 0 Å². The van der Waals surface area contributed by atoms with Crippen LogP contribution in [-0.2, 0) is 11.3 Å². The van der Waals surface area contributed by atoms with Gasteiger partial charge in [0.15, 0.2) is 5.78 Å². The average molecular weight is 415 g/mol. The maximum absolute atomic E-state index is 12.8. The summed E-state index contributed by atoms with van der Waals surface area (Å²) in [4.78, 5) is 15.3. The molecule has 1 fully saturated rings. The molecule has 2 aromatic rings. The largest absolute Gasteiger partial charge is 0.497 e. The molecule has 0 N–H and O–H groups in total. The number of aromatic nitrogens is 1. The molecule has 5 heteroatoms. The van der Waals surface area contributed by atoms with E-state index < -0.39 is 0 Å². The third-order valence-electron chi connectivity index (χ3n) is 6.11. The number of carbonyl (C=O) groups is 1. The van der Waals surface area contributed by atoms with Crippen LogP contribution in [-0.4, -0.2) is 54.7 Å². The SMILES string of the molecule is CCCCC(=O)c1cn(CCCN2CCC(OCCC)CC2)c2ccc(OC)cc12. The first-order valence-corrected chi connectivity index (χ1v) is 11.7. The Hall–Kier alpha value is -1.85. The van der Waals surface area contributed by atoms with Crippen molar-refractivity contribution in [2.75, 3.05) is 33.4 Å². The molecule has 0 aliphatic carbocycles. The zero-order chi connectivity index (χ0) is 21.3. The zero-order valence-corrected chi connectivity index (χ0v) is 19.0. The second-order valence-electron chi connectivity index (χ2n) is 8.41. The van der Waals surface area contributed by atoms with Gasteiger partial charge in [-0.1, -0.05) is 20.3 Å². The number of benzene rings is 1. The van der Waals surface area contributed by atoms with Gasteiger partial charge in [0.25, 0.3) is 0 Å². The molecule has 166 valence electrons. The van der Waals surface area contributed by atoms with E-state index in [0.29, 0.717) is 12.5 Å². The van der Waals surface area contributed by atoms with Crippen LogP contribution in [0.1, 0.15) is 69.2 Å². The molecule has 0 saturated carbocycles. The van der Waals surface area contributed by atoms with Crippen molar-refractivity contribution in [3.63, 3.8) is 0 Å². The molecule has 0 atom stereocenters. The van der Waals surface area contributed by atoms with E-state index in [1.54, 1.807) is 7.11 Å². The number of unbranched alkanes of at least 4 members (excludes halogenated alkanes) is 1. The minimum atomic E-state index is 0.239. The van der Waals surface area contributed by atoms with Gasteiger partial charge in [0.1, 0.15) is 5.75 Å². The third-order valence-corrected chi connectivity index (χ3v) is 6.11. The van der Waals surface area contributed by atoms with E-state index in [4.69, 9.17) is 9.47 Å². The van der Waals surface area contributed by atoms with Crippen molar-refractivity contribution in [2.45, 2.75) is 71.4 Å². The molecular formula is C25H38N2O3. The Bertz CT molecular complexity index is 806. The lowest BCUT2D eigenvalue weighted by Gasteiger charge is -2.31. The Morgan fingerprint density at radius 3 is 2.60 bits per heavy atom. The second-order valence-corrected chi connectivity index (χ2v) is 8.41. The Morgan fingerprint density at radius 1 is 1.10 bits per heavy atom. The highest BCUT2D eigenvalue weighted by atomic mass is 16.5. The maximum atomic E-state index is 12.8. The molecule has 0 amide bonds. The lowest BCUT2D eigenvalue weighted by atomic mass is 10.0. The minimum Gasteiger partial charge on any atom is -0.497 e. The molecule has 1 aliphatic rings. The number of piperidine rings is 1. The average Bonchev–Trinajstić information content (AvgIpc) is 3.14. The third kappa shape index (κ3) is 5.86. The van der Waals surface area contributed by atoms with Crippen LogP contribution >= 0.6 is 0 Å².